The molecule has 3 unspecified atom stereocenters. The van der Waals surface area contributed by atoms with E-state index in [4.69, 9.17) is 0 Å². The molecule has 0 bridgehead atoms. The van der Waals surface area contributed by atoms with E-state index >= 15 is 0 Å². The number of nitrogens with one attached hydrogen (secondary N) is 2. The van der Waals surface area contributed by atoms with Gasteiger partial charge in [0.25, 0.3) is 0 Å². The quantitative estimate of drug-likeness (QED) is 0.767. The Kier molecular flexibility index (Phi) is 5.26. The first-order valence-corrected chi connectivity index (χ1v) is 6.53. The minimum atomic E-state index is 0.110. The Morgan fingerprint density at radius 1 is 1.31 bits per heavy atom. The summed E-state index contributed by atoms with van der Waals surface area (Å²) in [4.78, 5) is 11.9. The number of piperidine rings is 1. The summed E-state index contributed by atoms with van der Waals surface area (Å²) in [6, 6.07) is 0.293. The SMILES string of the molecule is CC(C)C(C)C(=O)NC(C)C1CCCNC1. The van der Waals surface area contributed by atoms with Crippen LogP contribution in [0.2, 0.25) is 0 Å². The highest BCUT2D eigenvalue weighted by atomic mass is 16.1. The monoisotopic (exact) mass is 226 g/mol. The normalized spacial score (nSPS) is 25.2. The summed E-state index contributed by atoms with van der Waals surface area (Å²) >= 11 is 0. The van der Waals surface area contributed by atoms with Gasteiger partial charge in [-0.15, -0.1) is 0 Å². The van der Waals surface area contributed by atoms with Gasteiger partial charge in [-0.25, -0.2) is 0 Å². The van der Waals surface area contributed by atoms with E-state index in [1.54, 1.807) is 0 Å². The molecular formula is C13H26N2O. The molecule has 0 aromatic rings. The molecule has 3 atom stereocenters. The summed E-state index contributed by atoms with van der Waals surface area (Å²) in [5, 5.41) is 6.54. The van der Waals surface area contributed by atoms with Crippen LogP contribution >= 0.6 is 0 Å². The smallest absolute Gasteiger partial charge is 0.223 e. The predicted octanol–water partition coefficient (Wildman–Crippen LogP) is 1.78. The molecule has 0 aliphatic carbocycles. The highest BCUT2D eigenvalue weighted by molar-refractivity contribution is 5.78. The zero-order valence-electron chi connectivity index (χ0n) is 11.0. The third-order valence-corrected chi connectivity index (χ3v) is 3.83. The first-order valence-electron chi connectivity index (χ1n) is 6.53. The van der Waals surface area contributed by atoms with Gasteiger partial charge in [0, 0.05) is 12.0 Å². The number of carbonyl (C=O) groups is 1. The van der Waals surface area contributed by atoms with Crippen molar-refractivity contribution < 1.29 is 4.79 Å². The first kappa shape index (κ1) is 13.5. The Balaban J connectivity index is 2.37. The lowest BCUT2D eigenvalue weighted by Gasteiger charge is -2.30. The summed E-state index contributed by atoms with van der Waals surface area (Å²) in [5.41, 5.74) is 0. The molecule has 1 aliphatic rings. The van der Waals surface area contributed by atoms with Gasteiger partial charge in [-0.2, -0.15) is 0 Å². The van der Waals surface area contributed by atoms with Gasteiger partial charge < -0.3 is 10.6 Å². The Labute approximate surface area is 99.4 Å². The highest BCUT2D eigenvalue weighted by Crippen LogP contribution is 2.16. The van der Waals surface area contributed by atoms with E-state index in [-0.39, 0.29) is 11.8 Å². The van der Waals surface area contributed by atoms with Gasteiger partial charge >= 0.3 is 0 Å². The molecule has 0 radical (unpaired) electrons. The van der Waals surface area contributed by atoms with Gasteiger partial charge in [-0.3, -0.25) is 4.79 Å². The molecule has 1 aliphatic heterocycles. The maximum Gasteiger partial charge on any atom is 0.223 e. The first-order chi connectivity index (χ1) is 7.52. The summed E-state index contributed by atoms with van der Waals surface area (Å²) in [7, 11) is 0. The third-order valence-electron chi connectivity index (χ3n) is 3.83. The number of carbonyl (C=O) groups excluding carboxylic acids is 1. The lowest BCUT2D eigenvalue weighted by molar-refractivity contribution is -0.126. The van der Waals surface area contributed by atoms with E-state index in [1.165, 1.54) is 12.8 Å². The zero-order valence-corrected chi connectivity index (χ0v) is 11.0. The van der Waals surface area contributed by atoms with Gasteiger partial charge in [0.05, 0.1) is 0 Å². The van der Waals surface area contributed by atoms with Crippen molar-refractivity contribution in [3.05, 3.63) is 0 Å². The van der Waals surface area contributed by atoms with E-state index < -0.39 is 0 Å². The van der Waals surface area contributed by atoms with Crippen molar-refractivity contribution in [2.24, 2.45) is 17.8 Å². The third kappa shape index (κ3) is 3.78. The molecule has 1 fully saturated rings. The van der Waals surface area contributed by atoms with Crippen LogP contribution in [0.1, 0.15) is 40.5 Å². The Morgan fingerprint density at radius 3 is 2.50 bits per heavy atom. The van der Waals surface area contributed by atoms with Crippen molar-refractivity contribution in [3.63, 3.8) is 0 Å². The van der Waals surface area contributed by atoms with Gasteiger partial charge in [-0.05, 0) is 44.7 Å². The standard InChI is InChI=1S/C13H26N2O/c1-9(2)10(3)13(16)15-11(4)12-6-5-7-14-8-12/h9-12,14H,5-8H2,1-4H3,(H,15,16). The molecule has 0 saturated carbocycles. The lowest BCUT2D eigenvalue weighted by atomic mass is 9.91. The van der Waals surface area contributed by atoms with Crippen LogP contribution in [0.5, 0.6) is 0 Å². The molecule has 16 heavy (non-hydrogen) atoms. The fourth-order valence-electron chi connectivity index (χ4n) is 2.08. The maximum absolute atomic E-state index is 11.9. The fourth-order valence-corrected chi connectivity index (χ4v) is 2.08. The van der Waals surface area contributed by atoms with Crippen LogP contribution in [-0.4, -0.2) is 25.0 Å². The van der Waals surface area contributed by atoms with Crippen molar-refractivity contribution in [2.45, 2.75) is 46.6 Å². The largest absolute Gasteiger partial charge is 0.353 e. The van der Waals surface area contributed by atoms with Gasteiger partial charge in [0.2, 0.25) is 5.91 Å². The van der Waals surface area contributed by atoms with Crippen LogP contribution < -0.4 is 10.6 Å². The second-order valence-electron chi connectivity index (χ2n) is 5.44. The van der Waals surface area contributed by atoms with Crippen molar-refractivity contribution in [1.29, 1.82) is 0 Å². The zero-order chi connectivity index (χ0) is 12.1. The molecule has 1 amide bonds. The number of amides is 1. The molecule has 2 N–H and O–H groups in total. The van der Waals surface area contributed by atoms with Crippen LogP contribution in [0.4, 0.5) is 0 Å². The van der Waals surface area contributed by atoms with Crippen molar-refractivity contribution in [2.75, 3.05) is 13.1 Å². The molecule has 3 nitrogen and oxygen atoms in total. The van der Waals surface area contributed by atoms with Crippen molar-refractivity contribution in [1.82, 2.24) is 10.6 Å². The molecule has 0 spiro atoms. The summed E-state index contributed by atoms with van der Waals surface area (Å²) < 4.78 is 0. The number of rotatable bonds is 4. The highest BCUT2D eigenvalue weighted by Gasteiger charge is 2.24. The van der Waals surface area contributed by atoms with E-state index in [0.717, 1.165) is 13.1 Å². The summed E-state index contributed by atoms with van der Waals surface area (Å²) in [5.74, 6) is 1.32. The average Bonchev–Trinajstić information content (AvgIpc) is 2.28. The van der Waals surface area contributed by atoms with Crippen LogP contribution in [0.25, 0.3) is 0 Å². The Hall–Kier alpha value is -0.570. The lowest BCUT2D eigenvalue weighted by Crippen LogP contribution is -2.46. The van der Waals surface area contributed by atoms with Gasteiger partial charge in [0.15, 0.2) is 0 Å². The summed E-state index contributed by atoms with van der Waals surface area (Å²) in [6.07, 6.45) is 2.45. The van der Waals surface area contributed by atoms with E-state index in [2.05, 4.69) is 31.4 Å². The number of hydrogen-bond acceptors (Lipinski definition) is 2. The van der Waals surface area contributed by atoms with Crippen LogP contribution in [0.3, 0.4) is 0 Å². The molecule has 94 valence electrons. The molecule has 1 heterocycles. The topological polar surface area (TPSA) is 41.1 Å². The molecule has 3 heteroatoms. The Morgan fingerprint density at radius 2 is 2.00 bits per heavy atom. The van der Waals surface area contributed by atoms with E-state index in [1.807, 2.05) is 6.92 Å². The Bertz CT molecular complexity index is 222. The molecule has 1 saturated heterocycles. The second-order valence-corrected chi connectivity index (χ2v) is 5.44. The molecule has 0 aromatic heterocycles. The van der Waals surface area contributed by atoms with Crippen molar-refractivity contribution in [3.8, 4) is 0 Å². The number of hydrogen-bond donors (Lipinski definition) is 2. The molecule has 1 rings (SSSR count). The molecular weight excluding hydrogens is 200 g/mol. The predicted molar refractivity (Wildman–Crippen MR) is 67.2 cm³/mol. The van der Waals surface area contributed by atoms with Crippen LogP contribution in [0, 0.1) is 17.8 Å². The maximum atomic E-state index is 11.9. The van der Waals surface area contributed by atoms with E-state index in [9.17, 15) is 4.79 Å². The second kappa shape index (κ2) is 6.24. The minimum absolute atomic E-state index is 0.110. The van der Waals surface area contributed by atoms with Gasteiger partial charge in [-0.1, -0.05) is 20.8 Å². The van der Waals surface area contributed by atoms with Gasteiger partial charge in [0.1, 0.15) is 0 Å². The molecule has 0 aromatic carbocycles. The minimum Gasteiger partial charge on any atom is -0.353 e. The van der Waals surface area contributed by atoms with Crippen molar-refractivity contribution >= 4 is 5.91 Å². The fraction of sp³-hybridized carbons (Fsp3) is 0.923. The van der Waals surface area contributed by atoms with Crippen LogP contribution in [-0.2, 0) is 4.79 Å². The van der Waals surface area contributed by atoms with Crippen LogP contribution in [0.15, 0.2) is 0 Å². The average molecular weight is 226 g/mol. The summed E-state index contributed by atoms with van der Waals surface area (Å²) in [6.45, 7) is 10.5. The van der Waals surface area contributed by atoms with E-state index in [0.29, 0.717) is 17.9 Å².